The molecule has 106 valence electrons. The van der Waals surface area contributed by atoms with E-state index in [0.717, 1.165) is 18.5 Å². The Morgan fingerprint density at radius 2 is 1.95 bits per heavy atom. The second-order valence-corrected chi connectivity index (χ2v) is 5.05. The maximum atomic E-state index is 6.00. The van der Waals surface area contributed by atoms with Crippen LogP contribution < -0.4 is 5.73 Å². The van der Waals surface area contributed by atoms with Gasteiger partial charge in [0.05, 0.1) is 0 Å². The van der Waals surface area contributed by atoms with E-state index in [1.807, 2.05) is 24.3 Å². The highest BCUT2D eigenvalue weighted by molar-refractivity contribution is 5.70. The van der Waals surface area contributed by atoms with E-state index in [1.54, 1.807) is 4.68 Å². The summed E-state index contributed by atoms with van der Waals surface area (Å²) in [5.41, 5.74) is 10.1. The van der Waals surface area contributed by atoms with Crippen LogP contribution in [0.1, 0.15) is 11.1 Å². The number of anilines is 1. The number of para-hydroxylation sites is 1. The molecule has 3 rings (SSSR count). The van der Waals surface area contributed by atoms with Crippen LogP contribution in [0.3, 0.4) is 0 Å². The van der Waals surface area contributed by atoms with Crippen molar-refractivity contribution < 1.29 is 0 Å². The van der Waals surface area contributed by atoms with Crippen LogP contribution in [0.2, 0.25) is 0 Å². The number of aromatic nitrogens is 4. The lowest BCUT2D eigenvalue weighted by molar-refractivity contribution is 0.594. The van der Waals surface area contributed by atoms with Crippen molar-refractivity contribution in [3.63, 3.8) is 0 Å². The zero-order valence-electron chi connectivity index (χ0n) is 11.9. The summed E-state index contributed by atoms with van der Waals surface area (Å²) in [5, 5.41) is 11.9. The molecule has 0 unspecified atom stereocenters. The minimum atomic E-state index is 0.684. The normalized spacial score (nSPS) is 10.7. The Hall–Kier alpha value is -2.69. The minimum Gasteiger partial charge on any atom is -0.398 e. The van der Waals surface area contributed by atoms with Gasteiger partial charge in [0, 0.05) is 17.8 Å². The second-order valence-electron chi connectivity index (χ2n) is 5.05. The molecule has 0 saturated heterocycles. The van der Waals surface area contributed by atoms with Gasteiger partial charge in [-0.15, -0.1) is 5.10 Å². The summed E-state index contributed by atoms with van der Waals surface area (Å²) in [6, 6.07) is 16.1. The van der Waals surface area contributed by atoms with Crippen molar-refractivity contribution >= 4 is 5.69 Å². The molecule has 5 heteroatoms. The van der Waals surface area contributed by atoms with E-state index >= 15 is 0 Å². The van der Waals surface area contributed by atoms with Crippen LogP contribution in [0.4, 0.5) is 5.69 Å². The number of hydrogen-bond acceptors (Lipinski definition) is 4. The van der Waals surface area contributed by atoms with Gasteiger partial charge < -0.3 is 5.73 Å². The molecule has 2 aromatic carbocycles. The van der Waals surface area contributed by atoms with Crippen LogP contribution in [0.5, 0.6) is 0 Å². The number of rotatable bonds is 4. The first-order chi connectivity index (χ1) is 10.2. The summed E-state index contributed by atoms with van der Waals surface area (Å²) < 4.78 is 1.80. The van der Waals surface area contributed by atoms with Crippen molar-refractivity contribution in [2.45, 2.75) is 19.9 Å². The minimum absolute atomic E-state index is 0.684. The van der Waals surface area contributed by atoms with Crippen molar-refractivity contribution in [2.24, 2.45) is 0 Å². The summed E-state index contributed by atoms with van der Waals surface area (Å²) in [6.07, 6.45) is 0.881. The summed E-state index contributed by atoms with van der Waals surface area (Å²) >= 11 is 0. The molecule has 0 radical (unpaired) electrons. The van der Waals surface area contributed by atoms with Crippen molar-refractivity contribution in [3.05, 3.63) is 59.7 Å². The molecule has 1 heterocycles. The SMILES string of the molecule is Cc1cccc(CCn2nnnc2-c2ccccc2N)c1. The van der Waals surface area contributed by atoms with Gasteiger partial charge in [0.15, 0.2) is 5.82 Å². The molecular weight excluding hydrogens is 262 g/mol. The molecule has 0 aliphatic rings. The Kier molecular flexibility index (Phi) is 3.64. The average molecular weight is 279 g/mol. The first-order valence-electron chi connectivity index (χ1n) is 6.90. The predicted molar refractivity (Wildman–Crippen MR) is 82.5 cm³/mol. The average Bonchev–Trinajstić information content (AvgIpc) is 2.94. The van der Waals surface area contributed by atoms with Gasteiger partial charge in [0.1, 0.15) is 0 Å². The van der Waals surface area contributed by atoms with Gasteiger partial charge in [-0.2, -0.15) is 0 Å². The lowest BCUT2D eigenvalue weighted by Crippen LogP contribution is -2.06. The van der Waals surface area contributed by atoms with E-state index in [9.17, 15) is 0 Å². The summed E-state index contributed by atoms with van der Waals surface area (Å²) in [7, 11) is 0. The Labute approximate surface area is 123 Å². The molecule has 0 saturated carbocycles. The smallest absolute Gasteiger partial charge is 0.184 e. The number of aryl methyl sites for hydroxylation is 3. The number of nitrogens with two attached hydrogens (primary N) is 1. The van der Waals surface area contributed by atoms with Crippen LogP contribution in [-0.4, -0.2) is 20.2 Å². The topological polar surface area (TPSA) is 69.6 Å². The van der Waals surface area contributed by atoms with E-state index in [2.05, 4.69) is 46.7 Å². The van der Waals surface area contributed by atoms with Gasteiger partial charge >= 0.3 is 0 Å². The van der Waals surface area contributed by atoms with Gasteiger partial charge in [-0.05, 0) is 41.5 Å². The maximum Gasteiger partial charge on any atom is 0.184 e. The number of nitrogen functional groups attached to an aromatic ring is 1. The summed E-state index contributed by atoms with van der Waals surface area (Å²) in [4.78, 5) is 0. The van der Waals surface area contributed by atoms with Gasteiger partial charge in [0.25, 0.3) is 0 Å². The largest absolute Gasteiger partial charge is 0.398 e. The highest BCUT2D eigenvalue weighted by atomic mass is 15.5. The molecule has 0 atom stereocenters. The highest BCUT2D eigenvalue weighted by Gasteiger charge is 2.11. The van der Waals surface area contributed by atoms with Crippen molar-refractivity contribution in [1.29, 1.82) is 0 Å². The van der Waals surface area contributed by atoms with Crippen LogP contribution in [-0.2, 0) is 13.0 Å². The van der Waals surface area contributed by atoms with E-state index in [1.165, 1.54) is 11.1 Å². The van der Waals surface area contributed by atoms with Gasteiger partial charge in [-0.3, -0.25) is 0 Å². The molecule has 21 heavy (non-hydrogen) atoms. The Morgan fingerprint density at radius 1 is 1.10 bits per heavy atom. The lowest BCUT2D eigenvalue weighted by Gasteiger charge is -2.07. The molecule has 1 aromatic heterocycles. The van der Waals surface area contributed by atoms with Crippen LogP contribution in [0.15, 0.2) is 48.5 Å². The monoisotopic (exact) mass is 279 g/mol. The molecule has 2 N–H and O–H groups in total. The number of tetrazole rings is 1. The van der Waals surface area contributed by atoms with E-state index in [4.69, 9.17) is 5.73 Å². The van der Waals surface area contributed by atoms with Crippen molar-refractivity contribution in [1.82, 2.24) is 20.2 Å². The standard InChI is InChI=1S/C16H17N5/c1-12-5-4-6-13(11-12)9-10-21-16(18-19-20-21)14-7-2-3-8-15(14)17/h2-8,11H,9-10,17H2,1H3. The number of benzene rings is 2. The lowest BCUT2D eigenvalue weighted by atomic mass is 10.1. The number of nitrogens with zero attached hydrogens (tertiary/aromatic N) is 4. The van der Waals surface area contributed by atoms with E-state index < -0.39 is 0 Å². The Bertz CT molecular complexity index is 748. The Balaban J connectivity index is 1.82. The second kappa shape index (κ2) is 5.75. The highest BCUT2D eigenvalue weighted by Crippen LogP contribution is 2.22. The molecule has 0 spiro atoms. The van der Waals surface area contributed by atoms with Crippen LogP contribution in [0.25, 0.3) is 11.4 Å². The Morgan fingerprint density at radius 3 is 2.76 bits per heavy atom. The molecular formula is C16H17N5. The summed E-state index contributed by atoms with van der Waals surface area (Å²) in [6.45, 7) is 2.82. The zero-order chi connectivity index (χ0) is 14.7. The molecule has 3 aromatic rings. The summed E-state index contributed by atoms with van der Waals surface area (Å²) in [5.74, 6) is 0.709. The first kappa shape index (κ1) is 13.3. The molecule has 5 nitrogen and oxygen atoms in total. The third kappa shape index (κ3) is 2.91. The number of hydrogen-bond donors (Lipinski definition) is 1. The molecule has 0 aliphatic heterocycles. The van der Waals surface area contributed by atoms with Gasteiger partial charge in [-0.25, -0.2) is 4.68 Å². The molecule has 0 amide bonds. The fourth-order valence-corrected chi connectivity index (χ4v) is 2.35. The zero-order valence-corrected chi connectivity index (χ0v) is 11.9. The van der Waals surface area contributed by atoms with Crippen LogP contribution in [0, 0.1) is 6.92 Å². The van der Waals surface area contributed by atoms with Gasteiger partial charge in [-0.1, -0.05) is 42.0 Å². The van der Waals surface area contributed by atoms with Crippen molar-refractivity contribution in [2.75, 3.05) is 5.73 Å². The van der Waals surface area contributed by atoms with Crippen LogP contribution >= 0.6 is 0 Å². The van der Waals surface area contributed by atoms with Crippen molar-refractivity contribution in [3.8, 4) is 11.4 Å². The fraction of sp³-hybridized carbons (Fsp3) is 0.188. The fourth-order valence-electron chi connectivity index (χ4n) is 2.35. The third-order valence-corrected chi connectivity index (χ3v) is 3.43. The quantitative estimate of drug-likeness (QED) is 0.745. The van der Waals surface area contributed by atoms with E-state index in [-0.39, 0.29) is 0 Å². The van der Waals surface area contributed by atoms with E-state index in [0.29, 0.717) is 11.5 Å². The maximum absolute atomic E-state index is 6.00. The molecule has 0 fully saturated rings. The van der Waals surface area contributed by atoms with Gasteiger partial charge in [0.2, 0.25) is 0 Å². The third-order valence-electron chi connectivity index (χ3n) is 3.43. The molecule has 0 aliphatic carbocycles. The predicted octanol–water partition coefficient (Wildman–Crippen LogP) is 2.47. The molecule has 0 bridgehead atoms. The first-order valence-corrected chi connectivity index (χ1v) is 6.90.